The highest BCUT2D eigenvalue weighted by Crippen LogP contribution is 2.22. The molecule has 1 nitrogen and oxygen atoms in total. The van der Waals surface area contributed by atoms with Gasteiger partial charge in [-0.25, -0.2) is 0 Å². The van der Waals surface area contributed by atoms with E-state index >= 15 is 0 Å². The standard InChI is InChI=1S/C17H18BrIO/c18-16-10-8-15(9-11-16)17(13-19)20-12-4-7-14-5-2-1-3-6-14/h1-3,5-6,8-11,17H,4,7,12-13H2. The van der Waals surface area contributed by atoms with Gasteiger partial charge in [0.25, 0.3) is 0 Å². The van der Waals surface area contributed by atoms with Gasteiger partial charge in [0.2, 0.25) is 0 Å². The Labute approximate surface area is 143 Å². The quantitative estimate of drug-likeness (QED) is 0.308. The van der Waals surface area contributed by atoms with Crippen molar-refractivity contribution in [1.29, 1.82) is 0 Å². The maximum Gasteiger partial charge on any atom is 0.0914 e. The molecule has 0 aliphatic heterocycles. The molecule has 0 amide bonds. The second-order valence-corrected chi connectivity index (χ2v) is 6.45. The van der Waals surface area contributed by atoms with Gasteiger partial charge in [-0.05, 0) is 36.1 Å². The van der Waals surface area contributed by atoms with E-state index in [4.69, 9.17) is 4.74 Å². The molecule has 1 atom stereocenters. The van der Waals surface area contributed by atoms with Gasteiger partial charge in [-0.3, -0.25) is 0 Å². The monoisotopic (exact) mass is 444 g/mol. The number of halogens is 2. The third-order valence-corrected chi connectivity index (χ3v) is 4.48. The second kappa shape index (κ2) is 8.80. The van der Waals surface area contributed by atoms with E-state index in [1.54, 1.807) is 0 Å². The predicted octanol–water partition coefficient (Wildman–Crippen LogP) is 5.57. The molecule has 2 aromatic carbocycles. The number of rotatable bonds is 7. The molecular weight excluding hydrogens is 427 g/mol. The molecule has 1 unspecified atom stereocenters. The Balaban J connectivity index is 1.78. The summed E-state index contributed by atoms with van der Waals surface area (Å²) in [5.74, 6) is 0. The van der Waals surface area contributed by atoms with Gasteiger partial charge in [0.1, 0.15) is 0 Å². The maximum atomic E-state index is 6.02. The van der Waals surface area contributed by atoms with Crippen LogP contribution in [0.15, 0.2) is 59.1 Å². The number of hydrogen-bond acceptors (Lipinski definition) is 1. The fourth-order valence-corrected chi connectivity index (χ4v) is 3.08. The van der Waals surface area contributed by atoms with E-state index in [0.29, 0.717) is 0 Å². The number of aryl methyl sites for hydroxylation is 1. The van der Waals surface area contributed by atoms with Gasteiger partial charge in [-0.1, -0.05) is 81.0 Å². The summed E-state index contributed by atoms with van der Waals surface area (Å²) in [6.07, 6.45) is 2.34. The van der Waals surface area contributed by atoms with Crippen LogP contribution < -0.4 is 0 Å². The minimum atomic E-state index is 0.194. The summed E-state index contributed by atoms with van der Waals surface area (Å²) in [6.45, 7) is 0.804. The SMILES string of the molecule is Brc1ccc(C(CI)OCCCc2ccccc2)cc1. The molecule has 0 aliphatic carbocycles. The lowest BCUT2D eigenvalue weighted by molar-refractivity contribution is 0.0693. The van der Waals surface area contributed by atoms with Gasteiger partial charge < -0.3 is 4.74 Å². The zero-order chi connectivity index (χ0) is 14.2. The van der Waals surface area contributed by atoms with Crippen LogP contribution in [0.2, 0.25) is 0 Å². The molecular formula is C17H18BrIO. The van der Waals surface area contributed by atoms with Crippen molar-refractivity contribution in [3.63, 3.8) is 0 Å². The first-order valence-corrected chi connectivity index (χ1v) is 9.08. The molecule has 0 bridgehead atoms. The van der Waals surface area contributed by atoms with Crippen molar-refractivity contribution in [2.24, 2.45) is 0 Å². The number of benzene rings is 2. The van der Waals surface area contributed by atoms with E-state index in [1.807, 2.05) is 0 Å². The highest BCUT2D eigenvalue weighted by atomic mass is 127. The smallest absolute Gasteiger partial charge is 0.0914 e. The predicted molar refractivity (Wildman–Crippen MR) is 96.5 cm³/mol. The average Bonchev–Trinajstić information content (AvgIpc) is 2.50. The Hall–Kier alpha value is -0.390. The van der Waals surface area contributed by atoms with Crippen molar-refractivity contribution in [3.05, 3.63) is 70.2 Å². The van der Waals surface area contributed by atoms with Gasteiger partial charge in [0.15, 0.2) is 0 Å². The van der Waals surface area contributed by atoms with Crippen LogP contribution in [0.3, 0.4) is 0 Å². The second-order valence-electron chi connectivity index (χ2n) is 4.65. The van der Waals surface area contributed by atoms with Crippen molar-refractivity contribution in [3.8, 4) is 0 Å². The van der Waals surface area contributed by atoms with Gasteiger partial charge in [0.05, 0.1) is 6.10 Å². The van der Waals surface area contributed by atoms with Gasteiger partial charge in [-0.15, -0.1) is 0 Å². The summed E-state index contributed by atoms with van der Waals surface area (Å²) in [4.78, 5) is 0. The average molecular weight is 445 g/mol. The van der Waals surface area contributed by atoms with Crippen molar-refractivity contribution in [1.82, 2.24) is 0 Å². The molecule has 106 valence electrons. The lowest BCUT2D eigenvalue weighted by Crippen LogP contribution is -2.07. The Morgan fingerprint density at radius 3 is 2.35 bits per heavy atom. The first-order valence-electron chi connectivity index (χ1n) is 6.76. The molecule has 20 heavy (non-hydrogen) atoms. The molecule has 0 aromatic heterocycles. The highest BCUT2D eigenvalue weighted by molar-refractivity contribution is 14.1. The molecule has 0 fully saturated rings. The van der Waals surface area contributed by atoms with Gasteiger partial charge >= 0.3 is 0 Å². The normalized spacial score (nSPS) is 12.3. The van der Waals surface area contributed by atoms with Crippen LogP contribution in [0.4, 0.5) is 0 Å². The summed E-state index contributed by atoms with van der Waals surface area (Å²) in [5.41, 5.74) is 2.63. The molecule has 0 spiro atoms. The van der Waals surface area contributed by atoms with Crippen molar-refractivity contribution >= 4 is 38.5 Å². The van der Waals surface area contributed by atoms with E-state index in [0.717, 1.165) is 28.3 Å². The molecule has 0 heterocycles. The first kappa shape index (κ1) is 16.0. The zero-order valence-electron chi connectivity index (χ0n) is 11.3. The van der Waals surface area contributed by atoms with Crippen molar-refractivity contribution in [2.45, 2.75) is 18.9 Å². The van der Waals surface area contributed by atoms with E-state index in [-0.39, 0.29) is 6.10 Å². The van der Waals surface area contributed by atoms with Crippen LogP contribution in [0, 0.1) is 0 Å². The van der Waals surface area contributed by atoms with E-state index in [9.17, 15) is 0 Å². The third kappa shape index (κ3) is 5.19. The lowest BCUT2D eigenvalue weighted by Gasteiger charge is -2.16. The van der Waals surface area contributed by atoms with Crippen LogP contribution in [-0.2, 0) is 11.2 Å². The van der Waals surface area contributed by atoms with E-state index < -0.39 is 0 Å². The van der Waals surface area contributed by atoms with Crippen molar-refractivity contribution in [2.75, 3.05) is 11.0 Å². The molecule has 0 aliphatic rings. The molecule has 0 radical (unpaired) electrons. The molecule has 2 rings (SSSR count). The minimum Gasteiger partial charge on any atom is -0.373 e. The molecule has 3 heteroatoms. The number of alkyl halides is 1. The maximum absolute atomic E-state index is 6.02. The summed E-state index contributed by atoms with van der Waals surface area (Å²) in [6, 6.07) is 19.0. The largest absolute Gasteiger partial charge is 0.373 e. The summed E-state index contributed by atoms with van der Waals surface area (Å²) in [7, 11) is 0. The van der Waals surface area contributed by atoms with Crippen LogP contribution in [0.5, 0.6) is 0 Å². The summed E-state index contributed by atoms with van der Waals surface area (Å²) in [5, 5.41) is 0. The Morgan fingerprint density at radius 1 is 1.00 bits per heavy atom. The van der Waals surface area contributed by atoms with Crippen LogP contribution in [0.1, 0.15) is 23.7 Å². The summed E-state index contributed by atoms with van der Waals surface area (Å²) < 4.78 is 8.10. The Morgan fingerprint density at radius 2 is 1.70 bits per heavy atom. The van der Waals surface area contributed by atoms with Crippen molar-refractivity contribution < 1.29 is 4.74 Å². The van der Waals surface area contributed by atoms with Crippen LogP contribution in [-0.4, -0.2) is 11.0 Å². The zero-order valence-corrected chi connectivity index (χ0v) is 15.0. The molecule has 2 aromatic rings. The van der Waals surface area contributed by atoms with Gasteiger partial charge in [0, 0.05) is 15.5 Å². The highest BCUT2D eigenvalue weighted by Gasteiger charge is 2.09. The Kier molecular flexibility index (Phi) is 7.03. The van der Waals surface area contributed by atoms with Gasteiger partial charge in [-0.2, -0.15) is 0 Å². The lowest BCUT2D eigenvalue weighted by atomic mass is 10.1. The number of hydrogen-bond donors (Lipinski definition) is 0. The fraction of sp³-hybridized carbons (Fsp3) is 0.294. The van der Waals surface area contributed by atoms with Crippen LogP contribution >= 0.6 is 38.5 Å². The van der Waals surface area contributed by atoms with E-state index in [1.165, 1.54) is 11.1 Å². The molecule has 0 saturated carbocycles. The van der Waals surface area contributed by atoms with Crippen LogP contribution in [0.25, 0.3) is 0 Å². The Bertz CT molecular complexity index is 498. The minimum absolute atomic E-state index is 0.194. The van der Waals surface area contributed by atoms with E-state index in [2.05, 4.69) is 93.1 Å². The topological polar surface area (TPSA) is 9.23 Å². The molecule has 0 saturated heterocycles. The molecule has 0 N–H and O–H groups in total. The third-order valence-electron chi connectivity index (χ3n) is 3.15. The number of ether oxygens (including phenoxy) is 1. The fourth-order valence-electron chi connectivity index (χ4n) is 2.05. The first-order chi connectivity index (χ1) is 9.79. The summed E-state index contributed by atoms with van der Waals surface area (Å²) >= 11 is 5.85.